The Morgan fingerprint density at radius 1 is 1.08 bits per heavy atom. The number of anilines is 1. The third kappa shape index (κ3) is 3.70. The molecule has 3 heterocycles. The van der Waals surface area contributed by atoms with E-state index in [1.54, 1.807) is 0 Å². The average Bonchev–Trinajstić information content (AvgIpc) is 2.62. The van der Waals surface area contributed by atoms with Crippen LogP contribution >= 0.6 is 0 Å². The summed E-state index contributed by atoms with van der Waals surface area (Å²) in [7, 11) is 0. The lowest BCUT2D eigenvalue weighted by atomic mass is 10.0. The zero-order valence-electron chi connectivity index (χ0n) is 15.3. The maximum atomic E-state index is 13.0. The van der Waals surface area contributed by atoms with Gasteiger partial charge < -0.3 is 9.80 Å². The summed E-state index contributed by atoms with van der Waals surface area (Å²) in [5.74, 6) is 1.11. The Hall–Kier alpha value is -1.65. The number of rotatable bonds is 3. The topological polar surface area (TPSA) is 49.3 Å². The fourth-order valence-electron chi connectivity index (χ4n) is 3.64. The van der Waals surface area contributed by atoms with Gasteiger partial charge in [-0.1, -0.05) is 13.8 Å². The second kappa shape index (κ2) is 7.49. The molecular weight excluding hydrogens is 300 g/mol. The Morgan fingerprint density at radius 2 is 1.79 bits per heavy atom. The van der Waals surface area contributed by atoms with E-state index < -0.39 is 0 Å². The number of carbonyl (C=O) groups is 1. The molecule has 24 heavy (non-hydrogen) atoms. The molecular formula is C19H30N4O. The van der Waals surface area contributed by atoms with Crippen LogP contribution in [-0.2, 0) is 0 Å². The number of hydrogen-bond acceptors (Lipinski definition) is 4. The zero-order valence-corrected chi connectivity index (χ0v) is 15.3. The maximum Gasteiger partial charge on any atom is 0.272 e. The first-order chi connectivity index (χ1) is 11.6. The molecule has 1 amide bonds. The van der Waals surface area contributed by atoms with Crippen LogP contribution in [0, 0.1) is 0 Å². The lowest BCUT2D eigenvalue weighted by Crippen LogP contribution is -2.42. The number of carbonyl (C=O) groups excluding carboxylic acids is 1. The average molecular weight is 330 g/mol. The fraction of sp³-hybridized carbons (Fsp3) is 0.737. The molecule has 0 spiro atoms. The lowest BCUT2D eigenvalue weighted by molar-refractivity contribution is 0.0629. The molecule has 132 valence electrons. The van der Waals surface area contributed by atoms with Crippen molar-refractivity contribution in [2.75, 3.05) is 24.5 Å². The molecule has 0 N–H and O–H groups in total. The number of hydrogen-bond donors (Lipinski definition) is 0. The van der Waals surface area contributed by atoms with E-state index in [0.29, 0.717) is 17.7 Å². The van der Waals surface area contributed by atoms with E-state index in [9.17, 15) is 4.79 Å². The Balaban J connectivity index is 1.90. The summed E-state index contributed by atoms with van der Waals surface area (Å²) in [6.45, 7) is 9.23. The van der Waals surface area contributed by atoms with Crippen LogP contribution < -0.4 is 4.90 Å². The molecule has 5 heteroatoms. The normalized spacial score (nSPS) is 22.1. The van der Waals surface area contributed by atoms with E-state index in [-0.39, 0.29) is 5.91 Å². The number of likely N-dealkylation sites (tertiary alicyclic amines) is 1. The predicted molar refractivity (Wildman–Crippen MR) is 96.5 cm³/mol. The van der Waals surface area contributed by atoms with Crippen LogP contribution in [0.5, 0.6) is 0 Å². The molecule has 2 fully saturated rings. The first kappa shape index (κ1) is 17.2. The number of aromatic nitrogens is 2. The lowest BCUT2D eigenvalue weighted by Gasteiger charge is -2.33. The Morgan fingerprint density at radius 3 is 2.46 bits per heavy atom. The van der Waals surface area contributed by atoms with Crippen molar-refractivity contribution in [1.29, 1.82) is 0 Å². The van der Waals surface area contributed by atoms with Gasteiger partial charge in [0.2, 0.25) is 5.95 Å². The van der Waals surface area contributed by atoms with Gasteiger partial charge in [0.25, 0.3) is 5.91 Å². The quantitative estimate of drug-likeness (QED) is 0.849. The molecule has 5 nitrogen and oxygen atoms in total. The molecule has 2 aliphatic rings. The Bertz CT molecular complexity index is 581. The van der Waals surface area contributed by atoms with Gasteiger partial charge in [0.1, 0.15) is 5.69 Å². The van der Waals surface area contributed by atoms with E-state index >= 15 is 0 Å². The standard InChI is InChI=1S/C19H30N4O/c1-14(2)16-13-17(18(24)23-12-8-5-9-15(23)3)21-19(20-16)22-10-6-4-7-11-22/h13-15H,4-12H2,1-3H3/t15-/m0/s1. The van der Waals surface area contributed by atoms with Gasteiger partial charge in [0.05, 0.1) is 0 Å². The van der Waals surface area contributed by atoms with Crippen LogP contribution in [0.4, 0.5) is 5.95 Å². The van der Waals surface area contributed by atoms with Crippen LogP contribution in [0.2, 0.25) is 0 Å². The second-order valence-electron chi connectivity index (χ2n) is 7.52. The monoisotopic (exact) mass is 330 g/mol. The van der Waals surface area contributed by atoms with Crippen molar-refractivity contribution in [2.24, 2.45) is 0 Å². The first-order valence-corrected chi connectivity index (χ1v) is 9.51. The van der Waals surface area contributed by atoms with Crippen LogP contribution in [-0.4, -0.2) is 46.5 Å². The summed E-state index contributed by atoms with van der Waals surface area (Å²) in [6.07, 6.45) is 7.04. The molecule has 0 radical (unpaired) electrons. The third-order valence-electron chi connectivity index (χ3n) is 5.25. The number of nitrogens with zero attached hydrogens (tertiary/aromatic N) is 4. The van der Waals surface area contributed by atoms with E-state index in [1.807, 2.05) is 11.0 Å². The van der Waals surface area contributed by atoms with Crippen molar-refractivity contribution in [3.8, 4) is 0 Å². The predicted octanol–water partition coefficient (Wildman–Crippen LogP) is 3.60. The van der Waals surface area contributed by atoms with Crippen molar-refractivity contribution in [3.63, 3.8) is 0 Å². The second-order valence-corrected chi connectivity index (χ2v) is 7.52. The highest BCUT2D eigenvalue weighted by Crippen LogP contribution is 2.23. The van der Waals surface area contributed by atoms with Crippen molar-refractivity contribution in [1.82, 2.24) is 14.9 Å². The minimum Gasteiger partial charge on any atom is -0.341 e. The molecule has 2 aliphatic heterocycles. The van der Waals surface area contributed by atoms with Gasteiger partial charge in [-0.15, -0.1) is 0 Å². The number of amides is 1. The van der Waals surface area contributed by atoms with Crippen LogP contribution in [0.3, 0.4) is 0 Å². The van der Waals surface area contributed by atoms with E-state index in [2.05, 4.69) is 30.7 Å². The van der Waals surface area contributed by atoms with Gasteiger partial charge in [-0.2, -0.15) is 0 Å². The molecule has 1 atom stereocenters. The van der Waals surface area contributed by atoms with Crippen molar-refractivity contribution in [2.45, 2.75) is 71.3 Å². The summed E-state index contributed by atoms with van der Waals surface area (Å²) in [6, 6.07) is 2.21. The zero-order chi connectivity index (χ0) is 17.1. The minimum absolute atomic E-state index is 0.0739. The van der Waals surface area contributed by atoms with Gasteiger partial charge in [0.15, 0.2) is 0 Å². The molecule has 0 aliphatic carbocycles. The van der Waals surface area contributed by atoms with E-state index in [0.717, 1.165) is 44.1 Å². The molecule has 0 aromatic carbocycles. The smallest absolute Gasteiger partial charge is 0.272 e. The summed E-state index contributed by atoms with van der Waals surface area (Å²) in [4.78, 5) is 26.7. The van der Waals surface area contributed by atoms with Crippen LogP contribution in [0.15, 0.2) is 6.07 Å². The SMILES string of the molecule is CC(C)c1cc(C(=O)N2CCCC[C@@H]2C)nc(N2CCCCC2)n1. The molecule has 0 unspecified atom stereocenters. The summed E-state index contributed by atoms with van der Waals surface area (Å²) in [5.41, 5.74) is 1.54. The van der Waals surface area contributed by atoms with Gasteiger partial charge >= 0.3 is 0 Å². The highest BCUT2D eigenvalue weighted by molar-refractivity contribution is 5.93. The van der Waals surface area contributed by atoms with Gasteiger partial charge in [0, 0.05) is 31.4 Å². The van der Waals surface area contributed by atoms with Crippen molar-refractivity contribution in [3.05, 3.63) is 17.5 Å². The minimum atomic E-state index is 0.0739. The number of piperidine rings is 2. The largest absolute Gasteiger partial charge is 0.341 e. The van der Waals surface area contributed by atoms with Gasteiger partial charge in [-0.3, -0.25) is 4.79 Å². The molecule has 0 saturated carbocycles. The highest BCUT2D eigenvalue weighted by Gasteiger charge is 2.27. The van der Waals surface area contributed by atoms with Gasteiger partial charge in [-0.05, 0) is 57.4 Å². The molecule has 1 aromatic heterocycles. The Labute approximate surface area is 145 Å². The summed E-state index contributed by atoms with van der Waals surface area (Å²) < 4.78 is 0. The van der Waals surface area contributed by atoms with E-state index in [1.165, 1.54) is 25.7 Å². The Kier molecular flexibility index (Phi) is 5.36. The fourth-order valence-corrected chi connectivity index (χ4v) is 3.64. The molecule has 2 saturated heterocycles. The molecule has 0 bridgehead atoms. The highest BCUT2D eigenvalue weighted by atomic mass is 16.2. The van der Waals surface area contributed by atoms with Crippen LogP contribution in [0.25, 0.3) is 0 Å². The van der Waals surface area contributed by atoms with Crippen molar-refractivity contribution < 1.29 is 4.79 Å². The molecule has 1 aromatic rings. The molecule has 3 rings (SSSR count). The van der Waals surface area contributed by atoms with Crippen LogP contribution in [0.1, 0.15) is 81.4 Å². The summed E-state index contributed by atoms with van der Waals surface area (Å²) >= 11 is 0. The first-order valence-electron chi connectivity index (χ1n) is 9.51. The third-order valence-corrected chi connectivity index (χ3v) is 5.25. The van der Waals surface area contributed by atoms with E-state index in [4.69, 9.17) is 4.98 Å². The summed E-state index contributed by atoms with van der Waals surface area (Å²) in [5, 5.41) is 0. The van der Waals surface area contributed by atoms with Gasteiger partial charge in [-0.25, -0.2) is 9.97 Å². The van der Waals surface area contributed by atoms with Crippen molar-refractivity contribution >= 4 is 11.9 Å². The maximum absolute atomic E-state index is 13.0.